The molecule has 0 bridgehead atoms. The van der Waals surface area contributed by atoms with Crippen molar-refractivity contribution in [3.8, 4) is 0 Å². The maximum atomic E-state index is 11.8. The Hall–Kier alpha value is -1.73. The summed E-state index contributed by atoms with van der Waals surface area (Å²) in [6, 6.07) is 0. The minimum Gasteiger partial charge on any atom is -0.394 e. The van der Waals surface area contributed by atoms with Crippen LogP contribution < -0.4 is 5.56 Å². The highest BCUT2D eigenvalue weighted by atomic mass is 16.5. The van der Waals surface area contributed by atoms with Crippen molar-refractivity contribution in [2.24, 2.45) is 5.92 Å². The molecule has 102 valence electrons. The van der Waals surface area contributed by atoms with Gasteiger partial charge in [0.05, 0.1) is 19.0 Å². The van der Waals surface area contributed by atoms with E-state index in [0.29, 0.717) is 17.0 Å². The molecule has 1 aliphatic heterocycles. The number of hydrogen-bond donors (Lipinski definition) is 2. The highest BCUT2D eigenvalue weighted by Crippen LogP contribution is 2.34. The molecule has 7 heteroatoms. The fraction of sp³-hybridized carbons (Fsp3) is 0.583. The number of nitrogens with zero attached hydrogens (tertiary/aromatic N) is 3. The number of rotatable bonds is 2. The lowest BCUT2D eigenvalue weighted by Crippen LogP contribution is -2.17. The van der Waals surface area contributed by atoms with Gasteiger partial charge in [0.15, 0.2) is 11.2 Å². The summed E-state index contributed by atoms with van der Waals surface area (Å²) in [4.78, 5) is 22.8. The second kappa shape index (κ2) is 4.43. The highest BCUT2D eigenvalue weighted by molar-refractivity contribution is 5.69. The van der Waals surface area contributed by atoms with E-state index in [-0.39, 0.29) is 30.4 Å². The number of ether oxygens (including phenoxy) is 1. The van der Waals surface area contributed by atoms with Gasteiger partial charge in [0.25, 0.3) is 5.56 Å². The number of aromatic nitrogens is 4. The quantitative estimate of drug-likeness (QED) is 0.816. The van der Waals surface area contributed by atoms with Gasteiger partial charge in [0.2, 0.25) is 0 Å². The van der Waals surface area contributed by atoms with Gasteiger partial charge in [-0.3, -0.25) is 9.36 Å². The molecule has 0 aromatic carbocycles. The summed E-state index contributed by atoms with van der Waals surface area (Å²) in [5.41, 5.74) is 0.594. The van der Waals surface area contributed by atoms with Crippen molar-refractivity contribution >= 4 is 11.2 Å². The summed E-state index contributed by atoms with van der Waals surface area (Å²) < 4.78 is 7.55. The standard InChI is InChI=1S/C12H16N4O3/c1-6-3-8(4-17)19-12(6)16-5-13-9-10(16)14-7(2)15-11(9)18/h5-6,8,12,17H,3-4H2,1-2H3,(H,14,15,18)/t6-,8-,12+/m0/s1. The summed E-state index contributed by atoms with van der Waals surface area (Å²) in [6.07, 6.45) is 1.95. The van der Waals surface area contributed by atoms with Crippen LogP contribution in [-0.4, -0.2) is 37.3 Å². The van der Waals surface area contributed by atoms with Gasteiger partial charge in [0, 0.05) is 5.92 Å². The number of imidazole rings is 1. The molecule has 0 aliphatic carbocycles. The third-order valence-corrected chi connectivity index (χ3v) is 3.48. The van der Waals surface area contributed by atoms with Crippen LogP contribution in [0, 0.1) is 12.8 Å². The summed E-state index contributed by atoms with van der Waals surface area (Å²) in [7, 11) is 0. The van der Waals surface area contributed by atoms with Gasteiger partial charge < -0.3 is 14.8 Å². The lowest BCUT2D eigenvalue weighted by atomic mass is 10.1. The summed E-state index contributed by atoms with van der Waals surface area (Å²) in [6.45, 7) is 3.78. The number of aliphatic hydroxyl groups is 1. The first-order chi connectivity index (χ1) is 9.10. The second-order valence-electron chi connectivity index (χ2n) is 5.02. The Balaban J connectivity index is 2.09. The molecule has 3 heterocycles. The van der Waals surface area contributed by atoms with Crippen LogP contribution in [0.15, 0.2) is 11.1 Å². The molecule has 2 N–H and O–H groups in total. The van der Waals surface area contributed by atoms with E-state index in [1.807, 2.05) is 6.92 Å². The number of aromatic amines is 1. The van der Waals surface area contributed by atoms with Crippen LogP contribution in [-0.2, 0) is 4.74 Å². The van der Waals surface area contributed by atoms with Gasteiger partial charge in [-0.15, -0.1) is 0 Å². The van der Waals surface area contributed by atoms with Crippen LogP contribution in [0.1, 0.15) is 25.4 Å². The van der Waals surface area contributed by atoms with Gasteiger partial charge >= 0.3 is 0 Å². The van der Waals surface area contributed by atoms with Gasteiger partial charge in [-0.1, -0.05) is 6.92 Å². The molecule has 1 aliphatic rings. The molecule has 3 atom stereocenters. The zero-order valence-electron chi connectivity index (χ0n) is 10.8. The Kier molecular flexibility index (Phi) is 2.87. The van der Waals surface area contributed by atoms with Crippen molar-refractivity contribution in [1.82, 2.24) is 19.5 Å². The van der Waals surface area contributed by atoms with E-state index in [2.05, 4.69) is 15.0 Å². The van der Waals surface area contributed by atoms with Crippen LogP contribution in [0.3, 0.4) is 0 Å². The number of H-pyrrole nitrogens is 1. The van der Waals surface area contributed by atoms with Gasteiger partial charge in [-0.05, 0) is 13.3 Å². The lowest BCUT2D eigenvalue weighted by Gasteiger charge is -2.17. The van der Waals surface area contributed by atoms with E-state index in [4.69, 9.17) is 4.74 Å². The Morgan fingerprint density at radius 3 is 3.11 bits per heavy atom. The monoisotopic (exact) mass is 264 g/mol. The molecular weight excluding hydrogens is 248 g/mol. The van der Waals surface area contributed by atoms with Crippen LogP contribution in [0.25, 0.3) is 11.2 Å². The maximum Gasteiger partial charge on any atom is 0.279 e. The van der Waals surface area contributed by atoms with E-state index in [0.717, 1.165) is 6.42 Å². The third kappa shape index (κ3) is 1.95. The molecule has 3 rings (SSSR count). The Bertz CT molecular complexity index is 663. The minimum absolute atomic E-state index is 0.000505. The van der Waals surface area contributed by atoms with Crippen molar-refractivity contribution in [3.05, 3.63) is 22.5 Å². The molecule has 1 fully saturated rings. The molecular formula is C12H16N4O3. The first-order valence-electron chi connectivity index (χ1n) is 6.30. The SMILES string of the molecule is Cc1nc2c(ncn2[C@@H]2O[C@H](CO)C[C@@H]2C)c(=O)[nH]1. The normalized spacial score (nSPS) is 27.2. The lowest BCUT2D eigenvalue weighted by molar-refractivity contribution is -0.0294. The molecule has 0 amide bonds. The minimum atomic E-state index is -0.245. The number of hydrogen-bond acceptors (Lipinski definition) is 5. The van der Waals surface area contributed by atoms with E-state index in [9.17, 15) is 9.90 Å². The van der Waals surface area contributed by atoms with Crippen molar-refractivity contribution < 1.29 is 9.84 Å². The summed E-state index contributed by atoms with van der Waals surface area (Å²) >= 11 is 0. The summed E-state index contributed by atoms with van der Waals surface area (Å²) in [5, 5.41) is 9.18. The predicted octanol–water partition coefficient (Wildman–Crippen LogP) is 0.344. The fourth-order valence-electron chi connectivity index (χ4n) is 2.60. The number of nitrogens with one attached hydrogen (secondary N) is 1. The molecule has 0 spiro atoms. The molecule has 2 aromatic heterocycles. The van der Waals surface area contributed by atoms with Gasteiger partial charge in [-0.25, -0.2) is 9.97 Å². The first-order valence-corrected chi connectivity index (χ1v) is 6.30. The Labute approximate surface area is 109 Å². The second-order valence-corrected chi connectivity index (χ2v) is 5.02. The van der Waals surface area contributed by atoms with Crippen molar-refractivity contribution in [2.45, 2.75) is 32.6 Å². The number of fused-ring (bicyclic) bond motifs is 1. The van der Waals surface area contributed by atoms with Gasteiger partial charge in [0.1, 0.15) is 12.1 Å². The van der Waals surface area contributed by atoms with Crippen LogP contribution >= 0.6 is 0 Å². The van der Waals surface area contributed by atoms with Crippen molar-refractivity contribution in [2.75, 3.05) is 6.61 Å². The average molecular weight is 264 g/mol. The van der Waals surface area contributed by atoms with Crippen molar-refractivity contribution in [3.63, 3.8) is 0 Å². The molecule has 0 saturated carbocycles. The molecule has 1 saturated heterocycles. The van der Waals surface area contributed by atoms with Crippen molar-refractivity contribution in [1.29, 1.82) is 0 Å². The molecule has 2 aromatic rings. The number of aliphatic hydroxyl groups excluding tert-OH is 1. The predicted molar refractivity (Wildman–Crippen MR) is 67.7 cm³/mol. The van der Waals surface area contributed by atoms with E-state index in [1.54, 1.807) is 17.8 Å². The molecule has 0 unspecified atom stereocenters. The average Bonchev–Trinajstić information content (AvgIpc) is 2.92. The molecule has 0 radical (unpaired) electrons. The smallest absolute Gasteiger partial charge is 0.279 e. The summed E-state index contributed by atoms with van der Waals surface area (Å²) in [5.74, 6) is 0.777. The number of aryl methyl sites for hydroxylation is 1. The van der Waals surface area contributed by atoms with E-state index in [1.165, 1.54) is 0 Å². The zero-order valence-corrected chi connectivity index (χ0v) is 10.8. The van der Waals surface area contributed by atoms with Gasteiger partial charge in [-0.2, -0.15) is 0 Å². The van der Waals surface area contributed by atoms with E-state index < -0.39 is 0 Å². The third-order valence-electron chi connectivity index (χ3n) is 3.48. The zero-order chi connectivity index (χ0) is 13.6. The first kappa shape index (κ1) is 12.3. The van der Waals surface area contributed by atoms with Crippen LogP contribution in [0.5, 0.6) is 0 Å². The Morgan fingerprint density at radius 2 is 2.42 bits per heavy atom. The van der Waals surface area contributed by atoms with E-state index >= 15 is 0 Å². The van der Waals surface area contributed by atoms with Crippen LogP contribution in [0.4, 0.5) is 0 Å². The molecule has 19 heavy (non-hydrogen) atoms. The fourth-order valence-corrected chi connectivity index (χ4v) is 2.60. The maximum absolute atomic E-state index is 11.8. The molecule has 7 nitrogen and oxygen atoms in total. The highest BCUT2D eigenvalue weighted by Gasteiger charge is 2.34. The van der Waals surface area contributed by atoms with Crippen LogP contribution in [0.2, 0.25) is 0 Å². The Morgan fingerprint density at radius 1 is 1.63 bits per heavy atom. The topological polar surface area (TPSA) is 93.0 Å². The largest absolute Gasteiger partial charge is 0.394 e.